The molecule has 4 saturated carbocycles. The fraction of sp³-hybridized carbons (Fsp3) is 0.781. The number of aliphatic hydroxyl groups excluding tert-OH is 2. The molecule has 4 fully saturated rings. The molecule has 38 heavy (non-hydrogen) atoms. The summed E-state index contributed by atoms with van der Waals surface area (Å²) in [7, 11) is 0. The summed E-state index contributed by atoms with van der Waals surface area (Å²) in [6.07, 6.45) is 9.20. The lowest BCUT2D eigenvalue weighted by Crippen LogP contribution is -2.58. The van der Waals surface area contributed by atoms with Crippen LogP contribution < -0.4 is 4.90 Å². The Morgan fingerprint density at radius 3 is 2.53 bits per heavy atom. The zero-order chi connectivity index (χ0) is 27.0. The van der Waals surface area contributed by atoms with Gasteiger partial charge in [-0.25, -0.2) is 8.78 Å². The molecule has 10 atom stereocenters. The summed E-state index contributed by atoms with van der Waals surface area (Å²) < 4.78 is 28.7. The second-order valence-electron chi connectivity index (χ2n) is 14.1. The van der Waals surface area contributed by atoms with Crippen LogP contribution in [0.1, 0.15) is 90.5 Å². The summed E-state index contributed by atoms with van der Waals surface area (Å²) >= 11 is 0. The first-order valence-electron chi connectivity index (χ1n) is 15.2. The number of anilines is 1. The minimum Gasteiger partial charge on any atom is -0.393 e. The standard InChI is InChI=1S/C32H45F2NO3/c1-18(4-9-28(38)35-15-12-21-25(33)7-8-26(34)30(21)35)22-5-6-23-29-24(11-14-32(22,23)3)31(2)13-10-20(36)16-19(31)17-27(29)37/h7-8,18-20,22-24,27,29,36-37H,4-6,9-17H2,1-3H3/t18-,19+,20-,22-,23+,24+,27-,29+,31+,32-/m1/s1. The van der Waals surface area contributed by atoms with E-state index < -0.39 is 11.6 Å². The van der Waals surface area contributed by atoms with Gasteiger partial charge in [0.15, 0.2) is 0 Å². The van der Waals surface area contributed by atoms with Crippen molar-refractivity contribution in [2.45, 2.75) is 104 Å². The maximum atomic E-state index is 14.5. The predicted molar refractivity (Wildman–Crippen MR) is 143 cm³/mol. The number of benzene rings is 1. The first kappa shape index (κ1) is 26.7. The molecule has 1 amide bonds. The van der Waals surface area contributed by atoms with Crippen molar-refractivity contribution in [2.24, 2.45) is 46.3 Å². The Morgan fingerprint density at radius 2 is 1.74 bits per heavy atom. The van der Waals surface area contributed by atoms with E-state index >= 15 is 0 Å². The summed E-state index contributed by atoms with van der Waals surface area (Å²) in [5, 5.41) is 21.8. The van der Waals surface area contributed by atoms with Gasteiger partial charge in [0.1, 0.15) is 11.6 Å². The van der Waals surface area contributed by atoms with Crippen LogP contribution in [0.2, 0.25) is 0 Å². The molecule has 1 aromatic carbocycles. The number of nitrogens with zero attached hydrogens (tertiary/aromatic N) is 1. The van der Waals surface area contributed by atoms with Crippen molar-refractivity contribution in [2.75, 3.05) is 11.4 Å². The lowest BCUT2D eigenvalue weighted by Gasteiger charge is -2.62. The molecule has 0 aromatic heterocycles. The summed E-state index contributed by atoms with van der Waals surface area (Å²) in [5.41, 5.74) is 0.852. The highest BCUT2D eigenvalue weighted by Gasteiger charge is 2.62. The Hall–Kier alpha value is -1.53. The van der Waals surface area contributed by atoms with Crippen LogP contribution in [0.4, 0.5) is 14.5 Å². The number of aliphatic hydroxyl groups is 2. The van der Waals surface area contributed by atoms with Gasteiger partial charge in [-0.2, -0.15) is 0 Å². The Labute approximate surface area is 226 Å². The topological polar surface area (TPSA) is 60.8 Å². The molecule has 0 spiro atoms. The number of carbonyl (C=O) groups is 1. The molecule has 0 radical (unpaired) electrons. The lowest BCUT2D eigenvalue weighted by atomic mass is 9.43. The fourth-order valence-corrected chi connectivity index (χ4v) is 10.6. The van der Waals surface area contributed by atoms with Crippen LogP contribution >= 0.6 is 0 Å². The zero-order valence-electron chi connectivity index (χ0n) is 23.3. The van der Waals surface area contributed by atoms with Crippen molar-refractivity contribution in [1.82, 2.24) is 0 Å². The van der Waals surface area contributed by atoms with Crippen molar-refractivity contribution in [3.63, 3.8) is 0 Å². The van der Waals surface area contributed by atoms with Gasteiger partial charge in [-0.15, -0.1) is 0 Å². The molecule has 6 heteroatoms. The van der Waals surface area contributed by atoms with E-state index in [9.17, 15) is 23.8 Å². The Morgan fingerprint density at radius 1 is 1.03 bits per heavy atom. The molecule has 5 aliphatic rings. The fourth-order valence-electron chi connectivity index (χ4n) is 10.6. The Kier molecular flexibility index (Phi) is 6.70. The van der Waals surface area contributed by atoms with E-state index in [1.165, 1.54) is 11.3 Å². The Bertz CT molecular complexity index is 1090. The first-order chi connectivity index (χ1) is 18.0. The molecule has 2 N–H and O–H groups in total. The third-order valence-electron chi connectivity index (χ3n) is 12.6. The van der Waals surface area contributed by atoms with Crippen LogP contribution in [-0.4, -0.2) is 34.9 Å². The van der Waals surface area contributed by atoms with Crippen LogP contribution in [0.5, 0.6) is 0 Å². The van der Waals surface area contributed by atoms with Crippen molar-refractivity contribution in [1.29, 1.82) is 0 Å². The van der Waals surface area contributed by atoms with E-state index in [0.717, 1.165) is 63.5 Å². The van der Waals surface area contributed by atoms with E-state index in [2.05, 4.69) is 20.8 Å². The maximum Gasteiger partial charge on any atom is 0.227 e. The highest BCUT2D eigenvalue weighted by atomic mass is 19.1. The molecule has 210 valence electrons. The van der Waals surface area contributed by atoms with Crippen LogP contribution in [0.3, 0.4) is 0 Å². The van der Waals surface area contributed by atoms with Crippen molar-refractivity contribution >= 4 is 11.6 Å². The van der Waals surface area contributed by atoms with Gasteiger partial charge in [0.25, 0.3) is 0 Å². The van der Waals surface area contributed by atoms with E-state index in [1.54, 1.807) is 0 Å². The van der Waals surface area contributed by atoms with Crippen molar-refractivity contribution in [3.8, 4) is 0 Å². The highest BCUT2D eigenvalue weighted by Crippen LogP contribution is 2.68. The van der Waals surface area contributed by atoms with Gasteiger partial charge in [0.05, 0.1) is 17.9 Å². The summed E-state index contributed by atoms with van der Waals surface area (Å²) in [6, 6.07) is 2.27. The van der Waals surface area contributed by atoms with Gasteiger partial charge in [-0.3, -0.25) is 4.79 Å². The van der Waals surface area contributed by atoms with E-state index in [0.29, 0.717) is 60.5 Å². The van der Waals surface area contributed by atoms with Gasteiger partial charge in [-0.1, -0.05) is 20.8 Å². The molecule has 0 saturated heterocycles. The van der Waals surface area contributed by atoms with Gasteiger partial charge in [0.2, 0.25) is 5.91 Å². The molecule has 0 bridgehead atoms. The van der Waals surface area contributed by atoms with Crippen LogP contribution in [0.25, 0.3) is 0 Å². The lowest BCUT2D eigenvalue weighted by molar-refractivity contribution is -0.174. The largest absolute Gasteiger partial charge is 0.393 e. The summed E-state index contributed by atoms with van der Waals surface area (Å²) in [6.45, 7) is 7.51. The molecule has 0 unspecified atom stereocenters. The van der Waals surface area contributed by atoms with Crippen LogP contribution in [0.15, 0.2) is 12.1 Å². The molecule has 6 rings (SSSR count). The number of carbonyl (C=O) groups excluding carboxylic acids is 1. The van der Waals surface area contributed by atoms with Crippen LogP contribution in [0, 0.1) is 58.0 Å². The Balaban J connectivity index is 1.14. The molecule has 1 heterocycles. The number of amides is 1. The molecule has 1 aromatic rings. The van der Waals surface area contributed by atoms with Crippen LogP contribution in [-0.2, 0) is 11.2 Å². The third-order valence-corrected chi connectivity index (χ3v) is 12.6. The van der Waals surface area contributed by atoms with Crippen molar-refractivity contribution < 1.29 is 23.8 Å². The third kappa shape index (κ3) is 3.98. The monoisotopic (exact) mass is 529 g/mol. The van der Waals surface area contributed by atoms with E-state index in [1.807, 2.05) is 0 Å². The van der Waals surface area contributed by atoms with E-state index in [-0.39, 0.29) is 34.6 Å². The molecule has 4 nitrogen and oxygen atoms in total. The minimum atomic E-state index is -0.516. The zero-order valence-corrected chi connectivity index (χ0v) is 23.3. The number of fused-ring (bicyclic) bond motifs is 6. The SMILES string of the molecule is C[C@H](CCC(=O)N1CCc2c(F)ccc(F)c21)[C@H]1CC[C@H]2[C@@H]3[C@H](O)C[C@@H]4C[C@H](O)CC[C@]4(C)[C@H]3CC[C@]12C. The maximum absolute atomic E-state index is 14.5. The number of halogens is 2. The van der Waals surface area contributed by atoms with Gasteiger partial charge in [0, 0.05) is 18.5 Å². The van der Waals surface area contributed by atoms with Crippen molar-refractivity contribution in [3.05, 3.63) is 29.3 Å². The van der Waals surface area contributed by atoms with Gasteiger partial charge < -0.3 is 15.1 Å². The summed E-state index contributed by atoms with van der Waals surface area (Å²) in [4.78, 5) is 14.6. The second kappa shape index (κ2) is 9.54. The minimum absolute atomic E-state index is 0.107. The normalized spacial score (nSPS) is 42.7. The highest BCUT2D eigenvalue weighted by molar-refractivity contribution is 5.95. The van der Waals surface area contributed by atoms with Gasteiger partial charge >= 0.3 is 0 Å². The molecular weight excluding hydrogens is 484 g/mol. The molecule has 1 aliphatic heterocycles. The average Bonchev–Trinajstić information content (AvgIpc) is 3.48. The quantitative estimate of drug-likeness (QED) is 0.484. The van der Waals surface area contributed by atoms with Gasteiger partial charge in [-0.05, 0) is 123 Å². The number of hydrogen-bond acceptors (Lipinski definition) is 3. The average molecular weight is 530 g/mol. The molecular formula is C32H45F2NO3. The second-order valence-corrected chi connectivity index (χ2v) is 14.1. The number of rotatable bonds is 4. The molecule has 4 aliphatic carbocycles. The summed E-state index contributed by atoms with van der Waals surface area (Å²) in [5.74, 6) is 1.61. The first-order valence-corrected chi connectivity index (χ1v) is 15.2. The number of hydrogen-bond donors (Lipinski definition) is 2. The van der Waals surface area contributed by atoms with E-state index in [4.69, 9.17) is 0 Å². The smallest absolute Gasteiger partial charge is 0.227 e. The predicted octanol–water partition coefficient (Wildman–Crippen LogP) is 6.26.